The molecule has 0 saturated carbocycles. The number of aromatic amines is 1. The fourth-order valence-corrected chi connectivity index (χ4v) is 4.25. The summed E-state index contributed by atoms with van der Waals surface area (Å²) in [5.74, 6) is -0.0400. The van der Waals surface area contributed by atoms with Gasteiger partial charge >= 0.3 is 0 Å². The number of nitrogens with zero attached hydrogens (tertiary/aromatic N) is 4. The standard InChI is InChI=1S/C26H31N5O2/c1-4-30-12-13-31(26(33)24-15-23(18(2)3)28-29-24)17-22(25(30)32)14-19-7-9-20(10-8-19)21-6-5-11-27-16-21/h5-11,15-16,18,22H,4,12-14,17H2,1-3H3,(H,28,29)/t22-/m0/s1. The Balaban J connectivity index is 1.52. The molecule has 2 amide bonds. The molecule has 4 rings (SSSR count). The zero-order valence-corrected chi connectivity index (χ0v) is 19.5. The van der Waals surface area contributed by atoms with Crippen molar-refractivity contribution in [2.24, 2.45) is 5.92 Å². The van der Waals surface area contributed by atoms with Crippen LogP contribution in [-0.4, -0.2) is 63.0 Å². The summed E-state index contributed by atoms with van der Waals surface area (Å²) in [5.41, 5.74) is 4.57. The third-order valence-corrected chi connectivity index (χ3v) is 6.28. The van der Waals surface area contributed by atoms with Crippen LogP contribution in [-0.2, 0) is 11.2 Å². The van der Waals surface area contributed by atoms with Crippen LogP contribution in [0.3, 0.4) is 0 Å². The Morgan fingerprint density at radius 2 is 1.94 bits per heavy atom. The molecule has 0 spiro atoms. The van der Waals surface area contributed by atoms with E-state index in [-0.39, 0.29) is 23.7 Å². The highest BCUT2D eigenvalue weighted by Gasteiger charge is 2.32. The van der Waals surface area contributed by atoms with Crippen molar-refractivity contribution in [3.8, 4) is 11.1 Å². The number of rotatable bonds is 6. The number of H-pyrrole nitrogens is 1. The molecular weight excluding hydrogens is 414 g/mol. The zero-order chi connectivity index (χ0) is 23.4. The summed E-state index contributed by atoms with van der Waals surface area (Å²) < 4.78 is 0. The quantitative estimate of drug-likeness (QED) is 0.626. The van der Waals surface area contributed by atoms with Gasteiger partial charge < -0.3 is 9.80 Å². The lowest BCUT2D eigenvalue weighted by molar-refractivity contribution is -0.134. The van der Waals surface area contributed by atoms with Crippen LogP contribution in [0.15, 0.2) is 54.9 Å². The first kappa shape index (κ1) is 22.7. The van der Waals surface area contributed by atoms with E-state index >= 15 is 0 Å². The van der Waals surface area contributed by atoms with Crippen molar-refractivity contribution in [3.63, 3.8) is 0 Å². The molecule has 1 aromatic carbocycles. The number of amides is 2. The van der Waals surface area contributed by atoms with Gasteiger partial charge in [0.25, 0.3) is 5.91 Å². The van der Waals surface area contributed by atoms with E-state index < -0.39 is 0 Å². The topological polar surface area (TPSA) is 82.2 Å². The number of hydrogen-bond donors (Lipinski definition) is 1. The Morgan fingerprint density at radius 1 is 1.15 bits per heavy atom. The molecule has 1 atom stereocenters. The Hall–Kier alpha value is -3.48. The van der Waals surface area contributed by atoms with Crippen LogP contribution in [0.4, 0.5) is 0 Å². The van der Waals surface area contributed by atoms with Gasteiger partial charge in [0.2, 0.25) is 5.91 Å². The number of benzene rings is 1. The second-order valence-corrected chi connectivity index (χ2v) is 8.87. The average molecular weight is 446 g/mol. The molecule has 7 nitrogen and oxygen atoms in total. The van der Waals surface area contributed by atoms with Gasteiger partial charge in [-0.15, -0.1) is 0 Å². The van der Waals surface area contributed by atoms with E-state index in [9.17, 15) is 9.59 Å². The van der Waals surface area contributed by atoms with E-state index in [1.165, 1.54) is 0 Å². The van der Waals surface area contributed by atoms with Crippen molar-refractivity contribution in [2.75, 3.05) is 26.2 Å². The summed E-state index contributed by atoms with van der Waals surface area (Å²) in [4.78, 5) is 34.2. The minimum Gasteiger partial charge on any atom is -0.341 e. The largest absolute Gasteiger partial charge is 0.341 e. The number of pyridine rings is 1. The van der Waals surface area contributed by atoms with Gasteiger partial charge in [-0.2, -0.15) is 5.10 Å². The summed E-state index contributed by atoms with van der Waals surface area (Å²) >= 11 is 0. The third kappa shape index (κ3) is 5.13. The zero-order valence-electron chi connectivity index (χ0n) is 19.5. The molecular formula is C26H31N5O2. The van der Waals surface area contributed by atoms with Crippen molar-refractivity contribution in [3.05, 3.63) is 71.8 Å². The van der Waals surface area contributed by atoms with Crippen LogP contribution in [0.5, 0.6) is 0 Å². The molecule has 1 aliphatic heterocycles. The number of carbonyl (C=O) groups excluding carboxylic acids is 2. The highest BCUT2D eigenvalue weighted by atomic mass is 16.2. The molecule has 0 aliphatic carbocycles. The van der Waals surface area contributed by atoms with E-state index in [0.717, 1.165) is 22.4 Å². The first-order valence-corrected chi connectivity index (χ1v) is 11.6. The van der Waals surface area contributed by atoms with Gasteiger partial charge in [0.05, 0.1) is 5.92 Å². The van der Waals surface area contributed by atoms with Crippen molar-refractivity contribution >= 4 is 11.8 Å². The normalized spacial score (nSPS) is 16.8. The molecule has 2 aromatic heterocycles. The van der Waals surface area contributed by atoms with Crippen LogP contribution in [0, 0.1) is 5.92 Å². The molecule has 0 radical (unpaired) electrons. The maximum Gasteiger partial charge on any atom is 0.274 e. The number of likely N-dealkylation sites (N-methyl/N-ethyl adjacent to an activating group) is 1. The Labute approximate surface area is 194 Å². The molecule has 1 aliphatic rings. The lowest BCUT2D eigenvalue weighted by Crippen LogP contribution is -2.38. The van der Waals surface area contributed by atoms with Gasteiger partial charge in [0.15, 0.2) is 0 Å². The van der Waals surface area contributed by atoms with Crippen LogP contribution in [0.2, 0.25) is 0 Å². The fraction of sp³-hybridized carbons (Fsp3) is 0.385. The first-order valence-electron chi connectivity index (χ1n) is 11.6. The SMILES string of the molecule is CCN1CCN(C(=O)c2cc(C(C)C)[nH]n2)C[C@H](Cc2ccc(-c3cccnc3)cc2)C1=O. The van der Waals surface area contributed by atoms with Crippen molar-refractivity contribution in [1.82, 2.24) is 25.0 Å². The number of aromatic nitrogens is 3. The predicted octanol–water partition coefficient (Wildman–Crippen LogP) is 3.76. The molecule has 3 aromatic rings. The lowest BCUT2D eigenvalue weighted by Gasteiger charge is -2.23. The van der Waals surface area contributed by atoms with Gasteiger partial charge in [-0.05, 0) is 48.1 Å². The predicted molar refractivity (Wildman–Crippen MR) is 128 cm³/mol. The minimum absolute atomic E-state index is 0.106. The fourth-order valence-electron chi connectivity index (χ4n) is 4.25. The average Bonchev–Trinajstić information content (AvgIpc) is 3.28. The smallest absolute Gasteiger partial charge is 0.274 e. The molecule has 0 bridgehead atoms. The Morgan fingerprint density at radius 3 is 2.58 bits per heavy atom. The van der Waals surface area contributed by atoms with Crippen LogP contribution in [0.1, 0.15) is 48.4 Å². The van der Waals surface area contributed by atoms with Gasteiger partial charge in [0.1, 0.15) is 5.69 Å². The highest BCUT2D eigenvalue weighted by molar-refractivity contribution is 5.93. The van der Waals surface area contributed by atoms with E-state index in [1.54, 1.807) is 11.1 Å². The minimum atomic E-state index is -0.288. The highest BCUT2D eigenvalue weighted by Crippen LogP contribution is 2.23. The van der Waals surface area contributed by atoms with E-state index in [2.05, 4.69) is 53.3 Å². The summed E-state index contributed by atoms with van der Waals surface area (Å²) in [6, 6.07) is 14.0. The van der Waals surface area contributed by atoms with Crippen molar-refractivity contribution in [1.29, 1.82) is 0 Å². The Kier molecular flexibility index (Phi) is 6.87. The second-order valence-electron chi connectivity index (χ2n) is 8.87. The molecule has 1 fully saturated rings. The molecule has 7 heteroatoms. The third-order valence-electron chi connectivity index (χ3n) is 6.28. The van der Waals surface area contributed by atoms with Crippen molar-refractivity contribution < 1.29 is 9.59 Å². The summed E-state index contributed by atoms with van der Waals surface area (Å²) in [7, 11) is 0. The molecule has 33 heavy (non-hydrogen) atoms. The van der Waals surface area contributed by atoms with Gasteiger partial charge in [-0.3, -0.25) is 19.7 Å². The molecule has 1 N–H and O–H groups in total. The number of carbonyl (C=O) groups is 2. The van der Waals surface area contributed by atoms with Crippen LogP contribution >= 0.6 is 0 Å². The monoisotopic (exact) mass is 445 g/mol. The number of nitrogens with one attached hydrogen (secondary N) is 1. The maximum absolute atomic E-state index is 13.2. The Bertz CT molecular complexity index is 1090. The van der Waals surface area contributed by atoms with Gasteiger partial charge in [-0.1, -0.05) is 44.2 Å². The van der Waals surface area contributed by atoms with Gasteiger partial charge in [-0.25, -0.2) is 0 Å². The molecule has 0 unspecified atom stereocenters. The molecule has 1 saturated heterocycles. The van der Waals surface area contributed by atoms with Crippen molar-refractivity contribution in [2.45, 2.75) is 33.1 Å². The number of hydrogen-bond acceptors (Lipinski definition) is 4. The van der Waals surface area contributed by atoms with Crippen LogP contribution in [0.25, 0.3) is 11.1 Å². The second kappa shape index (κ2) is 9.98. The van der Waals surface area contributed by atoms with E-state index in [0.29, 0.717) is 38.3 Å². The summed E-state index contributed by atoms with van der Waals surface area (Å²) in [6.07, 6.45) is 4.19. The maximum atomic E-state index is 13.2. The molecule has 172 valence electrons. The van der Waals surface area contributed by atoms with Gasteiger partial charge in [0, 0.05) is 44.3 Å². The first-order chi connectivity index (χ1) is 16.0. The van der Waals surface area contributed by atoms with E-state index in [4.69, 9.17) is 0 Å². The summed E-state index contributed by atoms with van der Waals surface area (Å²) in [5, 5.41) is 7.19. The lowest BCUT2D eigenvalue weighted by atomic mass is 9.96. The summed E-state index contributed by atoms with van der Waals surface area (Å²) in [6.45, 7) is 8.18. The van der Waals surface area contributed by atoms with E-state index in [1.807, 2.05) is 36.2 Å². The molecule has 3 heterocycles. The van der Waals surface area contributed by atoms with Crippen LogP contribution < -0.4 is 0 Å².